The average molecular weight is 401 g/mol. The zero-order valence-electron chi connectivity index (χ0n) is 16.1. The van der Waals surface area contributed by atoms with Gasteiger partial charge in [0.1, 0.15) is 5.00 Å². The molecule has 0 radical (unpaired) electrons. The summed E-state index contributed by atoms with van der Waals surface area (Å²) in [6, 6.07) is 6.66. The molecule has 1 aromatic heterocycles. The normalized spacial score (nSPS) is 13.5. The molecule has 148 valence electrons. The van der Waals surface area contributed by atoms with E-state index in [0.29, 0.717) is 21.8 Å². The van der Waals surface area contributed by atoms with E-state index in [1.807, 2.05) is 7.05 Å². The van der Waals surface area contributed by atoms with Crippen LogP contribution in [0.15, 0.2) is 24.3 Å². The van der Waals surface area contributed by atoms with Crippen molar-refractivity contribution in [2.45, 2.75) is 26.8 Å². The third kappa shape index (κ3) is 4.40. The van der Waals surface area contributed by atoms with Gasteiger partial charge < -0.3 is 20.3 Å². The Morgan fingerprint density at radius 3 is 2.75 bits per heavy atom. The summed E-state index contributed by atoms with van der Waals surface area (Å²) in [6.45, 7) is 5.03. The highest BCUT2D eigenvalue weighted by atomic mass is 32.1. The van der Waals surface area contributed by atoms with Crippen LogP contribution in [0.2, 0.25) is 0 Å². The highest BCUT2D eigenvalue weighted by Gasteiger charge is 2.28. The number of nitrogens with zero attached hydrogens (tertiary/aromatic N) is 1. The molecule has 0 saturated heterocycles. The Bertz CT molecular complexity index is 922. The maximum atomic E-state index is 12.8. The number of likely N-dealkylation sites (N-methyl/N-ethyl adjacent to an activating group) is 1. The lowest BCUT2D eigenvalue weighted by Gasteiger charge is -2.22. The molecule has 1 aliphatic rings. The first kappa shape index (κ1) is 20.0. The molecule has 0 fully saturated rings. The summed E-state index contributed by atoms with van der Waals surface area (Å²) in [5, 5.41) is 6.03. The topological polar surface area (TPSA) is 87.7 Å². The summed E-state index contributed by atoms with van der Waals surface area (Å²) >= 11 is 1.41. The van der Waals surface area contributed by atoms with Gasteiger partial charge in [-0.25, -0.2) is 4.79 Å². The lowest BCUT2D eigenvalue weighted by Crippen LogP contribution is -2.26. The molecule has 8 heteroatoms. The summed E-state index contributed by atoms with van der Waals surface area (Å²) in [6.07, 6.45) is 0.740. The van der Waals surface area contributed by atoms with Crippen molar-refractivity contribution >= 4 is 39.8 Å². The van der Waals surface area contributed by atoms with Crippen LogP contribution in [0.5, 0.6) is 0 Å². The molecule has 0 saturated carbocycles. The Labute approximate surface area is 167 Å². The van der Waals surface area contributed by atoms with Crippen molar-refractivity contribution in [2.75, 3.05) is 30.8 Å². The molecule has 0 atom stereocenters. The second-order valence-electron chi connectivity index (χ2n) is 6.63. The number of thiophene rings is 1. The predicted octanol–water partition coefficient (Wildman–Crippen LogP) is 3.12. The molecule has 28 heavy (non-hydrogen) atoms. The van der Waals surface area contributed by atoms with Crippen LogP contribution >= 0.6 is 11.3 Å². The number of hydrogen-bond donors (Lipinski definition) is 2. The molecule has 1 aromatic carbocycles. The molecule has 2 N–H and O–H groups in total. The van der Waals surface area contributed by atoms with Crippen LogP contribution in [0.3, 0.4) is 0 Å². The number of esters is 1. The van der Waals surface area contributed by atoms with E-state index >= 15 is 0 Å². The van der Waals surface area contributed by atoms with Crippen molar-refractivity contribution in [2.24, 2.45) is 0 Å². The minimum absolute atomic E-state index is 0.211. The zero-order valence-corrected chi connectivity index (χ0v) is 16.9. The Hall–Kier alpha value is -2.71. The van der Waals surface area contributed by atoms with Gasteiger partial charge in [0.05, 0.1) is 12.2 Å². The minimum Gasteiger partial charge on any atom is -0.462 e. The number of hydrogen-bond acceptors (Lipinski definition) is 6. The van der Waals surface area contributed by atoms with Crippen LogP contribution in [0.1, 0.15) is 45.0 Å². The Balaban J connectivity index is 1.90. The monoisotopic (exact) mass is 401 g/mol. The van der Waals surface area contributed by atoms with Gasteiger partial charge in [0, 0.05) is 36.1 Å². The van der Waals surface area contributed by atoms with Gasteiger partial charge in [0.15, 0.2) is 0 Å². The van der Waals surface area contributed by atoms with Crippen molar-refractivity contribution < 1.29 is 19.1 Å². The van der Waals surface area contributed by atoms with E-state index in [-0.39, 0.29) is 18.4 Å². The van der Waals surface area contributed by atoms with Crippen LogP contribution in [0.25, 0.3) is 0 Å². The SMILES string of the molecule is CCOC(=O)c1c(NC(=O)c2cccc(NC(C)=O)c2)sc2c1CCN(C)C2. The number of carbonyl (C=O) groups is 3. The Kier molecular flexibility index (Phi) is 6.11. The maximum Gasteiger partial charge on any atom is 0.341 e. The van der Waals surface area contributed by atoms with Gasteiger partial charge >= 0.3 is 5.97 Å². The van der Waals surface area contributed by atoms with E-state index in [2.05, 4.69) is 15.5 Å². The van der Waals surface area contributed by atoms with E-state index in [0.717, 1.165) is 30.0 Å². The summed E-state index contributed by atoms with van der Waals surface area (Å²) < 4.78 is 5.23. The molecule has 0 bridgehead atoms. The third-order valence-electron chi connectivity index (χ3n) is 4.40. The minimum atomic E-state index is -0.410. The number of fused-ring (bicyclic) bond motifs is 1. The van der Waals surface area contributed by atoms with E-state index in [4.69, 9.17) is 4.74 Å². The van der Waals surface area contributed by atoms with Gasteiger partial charge in [0.2, 0.25) is 5.91 Å². The van der Waals surface area contributed by atoms with Gasteiger partial charge in [-0.15, -0.1) is 11.3 Å². The van der Waals surface area contributed by atoms with Crippen molar-refractivity contribution in [3.8, 4) is 0 Å². The van der Waals surface area contributed by atoms with Crippen molar-refractivity contribution in [1.29, 1.82) is 0 Å². The number of rotatable bonds is 5. The van der Waals surface area contributed by atoms with Gasteiger partial charge in [-0.1, -0.05) is 6.07 Å². The third-order valence-corrected chi connectivity index (χ3v) is 5.53. The molecular weight excluding hydrogens is 378 g/mol. The number of ether oxygens (including phenoxy) is 1. The molecule has 0 unspecified atom stereocenters. The molecule has 3 rings (SSSR count). The smallest absolute Gasteiger partial charge is 0.341 e. The molecule has 0 spiro atoms. The molecule has 1 aliphatic heterocycles. The molecule has 7 nitrogen and oxygen atoms in total. The fourth-order valence-electron chi connectivity index (χ4n) is 3.16. The Morgan fingerprint density at radius 1 is 1.25 bits per heavy atom. The van der Waals surface area contributed by atoms with Crippen LogP contribution in [0.4, 0.5) is 10.7 Å². The molecular formula is C20H23N3O4S. The van der Waals surface area contributed by atoms with Gasteiger partial charge in [0.25, 0.3) is 5.91 Å². The first-order valence-electron chi connectivity index (χ1n) is 9.08. The number of nitrogens with one attached hydrogen (secondary N) is 2. The quantitative estimate of drug-likeness (QED) is 0.752. The lowest BCUT2D eigenvalue weighted by atomic mass is 10.0. The number of carbonyl (C=O) groups excluding carboxylic acids is 3. The van der Waals surface area contributed by atoms with Crippen molar-refractivity contribution in [1.82, 2.24) is 4.90 Å². The molecule has 0 aliphatic carbocycles. The standard InChI is InChI=1S/C20H23N3O4S/c1-4-27-20(26)17-15-8-9-23(3)11-16(15)28-19(17)22-18(25)13-6-5-7-14(10-13)21-12(2)24/h5-7,10H,4,8-9,11H2,1-3H3,(H,21,24)(H,22,25). The maximum absolute atomic E-state index is 12.8. The Morgan fingerprint density at radius 2 is 2.04 bits per heavy atom. The zero-order chi connectivity index (χ0) is 20.3. The van der Waals surface area contributed by atoms with E-state index in [1.165, 1.54) is 18.3 Å². The molecule has 2 amide bonds. The summed E-state index contributed by atoms with van der Waals surface area (Å²) in [7, 11) is 2.03. The number of anilines is 2. The summed E-state index contributed by atoms with van der Waals surface area (Å²) in [5.41, 5.74) is 2.35. The van der Waals surface area contributed by atoms with Gasteiger partial charge in [-0.3, -0.25) is 9.59 Å². The van der Waals surface area contributed by atoms with Crippen molar-refractivity contribution in [3.05, 3.63) is 45.8 Å². The van der Waals surface area contributed by atoms with Crippen LogP contribution in [-0.2, 0) is 22.5 Å². The largest absolute Gasteiger partial charge is 0.462 e. The van der Waals surface area contributed by atoms with E-state index < -0.39 is 5.97 Å². The first-order valence-corrected chi connectivity index (χ1v) is 9.90. The van der Waals surface area contributed by atoms with Gasteiger partial charge in [-0.2, -0.15) is 0 Å². The molecule has 2 heterocycles. The fourth-order valence-corrected chi connectivity index (χ4v) is 4.47. The van der Waals surface area contributed by atoms with Crippen LogP contribution < -0.4 is 10.6 Å². The van der Waals surface area contributed by atoms with Crippen molar-refractivity contribution in [3.63, 3.8) is 0 Å². The number of amides is 2. The first-order chi connectivity index (χ1) is 13.4. The highest BCUT2D eigenvalue weighted by molar-refractivity contribution is 7.17. The molecule has 2 aromatic rings. The van der Waals surface area contributed by atoms with Crippen LogP contribution in [0, 0.1) is 0 Å². The fraction of sp³-hybridized carbons (Fsp3) is 0.350. The number of benzene rings is 1. The predicted molar refractivity (Wildman–Crippen MR) is 109 cm³/mol. The lowest BCUT2D eigenvalue weighted by molar-refractivity contribution is -0.114. The van der Waals surface area contributed by atoms with E-state index in [1.54, 1.807) is 31.2 Å². The second-order valence-corrected chi connectivity index (χ2v) is 7.74. The second kappa shape index (κ2) is 8.53. The van der Waals surface area contributed by atoms with Crippen LogP contribution in [-0.4, -0.2) is 42.9 Å². The van der Waals surface area contributed by atoms with Gasteiger partial charge in [-0.05, 0) is 44.2 Å². The summed E-state index contributed by atoms with van der Waals surface area (Å²) in [4.78, 5) is 39.8. The van der Waals surface area contributed by atoms with E-state index in [9.17, 15) is 14.4 Å². The summed E-state index contributed by atoms with van der Waals surface area (Å²) in [5.74, 6) is -0.964. The average Bonchev–Trinajstić information content (AvgIpc) is 2.98. The highest BCUT2D eigenvalue weighted by Crippen LogP contribution is 2.37.